The minimum Gasteiger partial charge on any atom is -0.464 e. The maximum atomic E-state index is 11.2. The number of hydrogen-bond acceptors (Lipinski definition) is 3. The summed E-state index contributed by atoms with van der Waals surface area (Å²) < 4.78 is 4.89. The van der Waals surface area contributed by atoms with Crippen molar-refractivity contribution in [1.82, 2.24) is 0 Å². The SMILES string of the molecule is CCCCOC(=O)[C@@H](O)CCC(C)C. The third-order valence-corrected chi connectivity index (χ3v) is 2.03. The van der Waals surface area contributed by atoms with Gasteiger partial charge in [0.05, 0.1) is 6.61 Å². The van der Waals surface area contributed by atoms with Crippen molar-refractivity contribution in [3.8, 4) is 0 Å². The molecule has 0 aliphatic rings. The van der Waals surface area contributed by atoms with E-state index in [9.17, 15) is 9.90 Å². The minimum absolute atomic E-state index is 0.425. The van der Waals surface area contributed by atoms with Crippen molar-refractivity contribution in [1.29, 1.82) is 0 Å². The van der Waals surface area contributed by atoms with Crippen LogP contribution in [0.25, 0.3) is 0 Å². The third-order valence-electron chi connectivity index (χ3n) is 2.03. The van der Waals surface area contributed by atoms with Crippen LogP contribution in [0.3, 0.4) is 0 Å². The van der Waals surface area contributed by atoms with Gasteiger partial charge in [0, 0.05) is 0 Å². The highest BCUT2D eigenvalue weighted by Crippen LogP contribution is 2.07. The number of carbonyl (C=O) groups excluding carboxylic acids is 1. The molecule has 0 amide bonds. The fraction of sp³-hybridized carbons (Fsp3) is 0.909. The largest absolute Gasteiger partial charge is 0.464 e. The summed E-state index contributed by atoms with van der Waals surface area (Å²) in [5, 5.41) is 9.39. The maximum Gasteiger partial charge on any atom is 0.334 e. The van der Waals surface area contributed by atoms with Gasteiger partial charge in [0.25, 0.3) is 0 Å². The highest BCUT2D eigenvalue weighted by Gasteiger charge is 2.16. The Morgan fingerprint density at radius 2 is 2.00 bits per heavy atom. The fourth-order valence-electron chi connectivity index (χ4n) is 1.02. The first-order valence-electron chi connectivity index (χ1n) is 5.42. The molecule has 0 heterocycles. The van der Waals surface area contributed by atoms with Gasteiger partial charge in [0.15, 0.2) is 6.10 Å². The monoisotopic (exact) mass is 202 g/mol. The Kier molecular flexibility index (Phi) is 7.48. The molecule has 14 heavy (non-hydrogen) atoms. The summed E-state index contributed by atoms with van der Waals surface area (Å²) in [7, 11) is 0. The quantitative estimate of drug-likeness (QED) is 0.508. The zero-order valence-electron chi connectivity index (χ0n) is 9.45. The van der Waals surface area contributed by atoms with Crippen LogP contribution < -0.4 is 0 Å². The van der Waals surface area contributed by atoms with Gasteiger partial charge in [-0.05, 0) is 25.2 Å². The first kappa shape index (κ1) is 13.4. The predicted molar refractivity (Wildman–Crippen MR) is 55.9 cm³/mol. The predicted octanol–water partition coefficient (Wildman–Crippen LogP) is 2.13. The van der Waals surface area contributed by atoms with Crippen LogP contribution in [0, 0.1) is 5.92 Å². The van der Waals surface area contributed by atoms with Gasteiger partial charge in [-0.2, -0.15) is 0 Å². The van der Waals surface area contributed by atoms with Crippen molar-refractivity contribution in [3.05, 3.63) is 0 Å². The van der Waals surface area contributed by atoms with E-state index in [1.54, 1.807) is 0 Å². The van der Waals surface area contributed by atoms with E-state index in [1.807, 2.05) is 6.92 Å². The number of ether oxygens (including phenoxy) is 1. The molecule has 1 atom stereocenters. The zero-order chi connectivity index (χ0) is 11.0. The molecule has 1 N–H and O–H groups in total. The summed E-state index contributed by atoms with van der Waals surface area (Å²) in [6.07, 6.45) is 2.28. The lowest BCUT2D eigenvalue weighted by molar-refractivity contribution is -0.154. The number of rotatable bonds is 7. The molecule has 0 aromatic carbocycles. The third kappa shape index (κ3) is 6.89. The number of aliphatic hydroxyl groups is 1. The lowest BCUT2D eigenvalue weighted by Crippen LogP contribution is -2.23. The summed E-state index contributed by atoms with van der Waals surface area (Å²) in [6.45, 7) is 6.58. The molecule has 0 rings (SSSR count). The van der Waals surface area contributed by atoms with Gasteiger partial charge in [-0.15, -0.1) is 0 Å². The van der Waals surface area contributed by atoms with Gasteiger partial charge in [0.1, 0.15) is 0 Å². The molecular weight excluding hydrogens is 180 g/mol. The summed E-state index contributed by atoms with van der Waals surface area (Å²) >= 11 is 0. The van der Waals surface area contributed by atoms with Crippen molar-refractivity contribution in [3.63, 3.8) is 0 Å². The molecule has 3 nitrogen and oxygen atoms in total. The van der Waals surface area contributed by atoms with Gasteiger partial charge < -0.3 is 9.84 Å². The van der Waals surface area contributed by atoms with E-state index in [2.05, 4.69) is 13.8 Å². The number of carbonyl (C=O) groups is 1. The van der Waals surface area contributed by atoms with Crippen LogP contribution in [-0.2, 0) is 9.53 Å². The summed E-state index contributed by atoms with van der Waals surface area (Å²) in [5.41, 5.74) is 0. The molecule has 0 saturated heterocycles. The van der Waals surface area contributed by atoms with Crippen LogP contribution in [0.4, 0.5) is 0 Å². The van der Waals surface area contributed by atoms with E-state index < -0.39 is 12.1 Å². The van der Waals surface area contributed by atoms with E-state index in [0.29, 0.717) is 18.9 Å². The minimum atomic E-state index is -0.936. The summed E-state index contributed by atoms with van der Waals surface area (Å²) in [5.74, 6) is 0.0344. The molecule has 3 heteroatoms. The molecule has 0 aliphatic carbocycles. The van der Waals surface area contributed by atoms with Crippen LogP contribution in [-0.4, -0.2) is 23.8 Å². The van der Waals surface area contributed by atoms with E-state index >= 15 is 0 Å². The van der Waals surface area contributed by atoms with Crippen molar-refractivity contribution in [2.45, 2.75) is 52.6 Å². The van der Waals surface area contributed by atoms with Gasteiger partial charge in [-0.3, -0.25) is 0 Å². The van der Waals surface area contributed by atoms with Crippen LogP contribution in [0.2, 0.25) is 0 Å². The van der Waals surface area contributed by atoms with E-state index in [4.69, 9.17) is 4.74 Å². The Bertz CT molecular complexity index is 155. The highest BCUT2D eigenvalue weighted by molar-refractivity contribution is 5.74. The van der Waals surface area contributed by atoms with Crippen LogP contribution in [0.15, 0.2) is 0 Å². The molecule has 0 aliphatic heterocycles. The topological polar surface area (TPSA) is 46.5 Å². The molecule has 0 radical (unpaired) electrons. The molecule has 0 aromatic rings. The highest BCUT2D eigenvalue weighted by atomic mass is 16.5. The fourth-order valence-corrected chi connectivity index (χ4v) is 1.02. The zero-order valence-corrected chi connectivity index (χ0v) is 9.45. The molecule has 0 aromatic heterocycles. The second-order valence-corrected chi connectivity index (χ2v) is 4.01. The molecule has 84 valence electrons. The number of esters is 1. The number of hydrogen-bond donors (Lipinski definition) is 1. The van der Waals surface area contributed by atoms with Gasteiger partial charge in [-0.25, -0.2) is 4.79 Å². The lowest BCUT2D eigenvalue weighted by Gasteiger charge is -2.11. The van der Waals surface area contributed by atoms with Gasteiger partial charge in [0.2, 0.25) is 0 Å². The Balaban J connectivity index is 3.54. The van der Waals surface area contributed by atoms with Crippen LogP contribution in [0.5, 0.6) is 0 Å². The molecule has 0 unspecified atom stereocenters. The Morgan fingerprint density at radius 3 is 2.50 bits per heavy atom. The van der Waals surface area contributed by atoms with E-state index in [0.717, 1.165) is 19.3 Å². The van der Waals surface area contributed by atoms with Crippen molar-refractivity contribution in [2.24, 2.45) is 5.92 Å². The average Bonchev–Trinajstić information content (AvgIpc) is 2.14. The average molecular weight is 202 g/mol. The molecule has 0 spiro atoms. The summed E-state index contributed by atoms with van der Waals surface area (Å²) in [6, 6.07) is 0. The number of aliphatic hydroxyl groups excluding tert-OH is 1. The normalized spacial score (nSPS) is 12.9. The van der Waals surface area contributed by atoms with Crippen LogP contribution >= 0.6 is 0 Å². The van der Waals surface area contributed by atoms with Crippen molar-refractivity contribution in [2.75, 3.05) is 6.61 Å². The second kappa shape index (κ2) is 7.80. The molecular formula is C11H22O3. The standard InChI is InChI=1S/C11H22O3/c1-4-5-8-14-11(13)10(12)7-6-9(2)3/h9-10,12H,4-8H2,1-3H3/t10-/m0/s1. The summed E-state index contributed by atoms with van der Waals surface area (Å²) in [4.78, 5) is 11.2. The molecule has 0 saturated carbocycles. The van der Waals surface area contributed by atoms with E-state index in [-0.39, 0.29) is 0 Å². The van der Waals surface area contributed by atoms with Crippen molar-refractivity contribution < 1.29 is 14.6 Å². The Morgan fingerprint density at radius 1 is 1.36 bits per heavy atom. The number of unbranched alkanes of at least 4 members (excludes halogenated alkanes) is 1. The first-order valence-corrected chi connectivity index (χ1v) is 5.42. The van der Waals surface area contributed by atoms with Gasteiger partial charge in [-0.1, -0.05) is 27.2 Å². The molecule has 0 bridgehead atoms. The molecule has 0 fully saturated rings. The van der Waals surface area contributed by atoms with Gasteiger partial charge >= 0.3 is 5.97 Å². The van der Waals surface area contributed by atoms with Crippen LogP contribution in [0.1, 0.15) is 46.5 Å². The Labute approximate surface area is 86.5 Å². The first-order chi connectivity index (χ1) is 6.57. The Hall–Kier alpha value is -0.570. The van der Waals surface area contributed by atoms with Crippen molar-refractivity contribution >= 4 is 5.97 Å². The lowest BCUT2D eigenvalue weighted by atomic mass is 10.1. The smallest absolute Gasteiger partial charge is 0.334 e. The van der Waals surface area contributed by atoms with E-state index in [1.165, 1.54) is 0 Å². The second-order valence-electron chi connectivity index (χ2n) is 4.01. The maximum absolute atomic E-state index is 11.2.